The molecular formula is C22H32O5. The Hall–Kier alpha value is -1.62. The van der Waals surface area contributed by atoms with E-state index in [2.05, 4.69) is 26.5 Å². The van der Waals surface area contributed by atoms with Crippen molar-refractivity contribution >= 4 is 11.9 Å². The van der Waals surface area contributed by atoms with Gasteiger partial charge in [-0.3, -0.25) is 4.79 Å². The Kier molecular flexibility index (Phi) is 5.80. The highest BCUT2D eigenvalue weighted by molar-refractivity contribution is 5.91. The summed E-state index contributed by atoms with van der Waals surface area (Å²) in [5.74, 6) is -0.452. The molecular weight excluding hydrogens is 344 g/mol. The summed E-state index contributed by atoms with van der Waals surface area (Å²) < 4.78 is 18.0. The van der Waals surface area contributed by atoms with Gasteiger partial charge in [-0.1, -0.05) is 25.2 Å². The molecule has 0 radical (unpaired) electrons. The van der Waals surface area contributed by atoms with Crippen LogP contribution in [0.1, 0.15) is 66.2 Å². The van der Waals surface area contributed by atoms with Crippen LogP contribution in [0.5, 0.6) is 0 Å². The Morgan fingerprint density at radius 3 is 2.81 bits per heavy atom. The summed E-state index contributed by atoms with van der Waals surface area (Å²) in [4.78, 5) is 24.0. The SMILES string of the molecule is C=C1C(=O)O[C@H]2[C@@H]3O[C@@H](C[C@@H]12)[C@](C)(OC(C)=O)CC/C=C(/C)CCC[C@H]3C. The quantitative estimate of drug-likeness (QED) is 0.391. The molecule has 0 aromatic carbocycles. The molecule has 150 valence electrons. The molecule has 3 aliphatic rings. The molecule has 0 aromatic rings. The van der Waals surface area contributed by atoms with Crippen LogP contribution < -0.4 is 0 Å². The lowest BCUT2D eigenvalue weighted by Gasteiger charge is -2.46. The average Bonchev–Trinajstić information content (AvgIpc) is 2.87. The number of esters is 2. The van der Waals surface area contributed by atoms with E-state index in [-0.39, 0.29) is 42.1 Å². The number of hydrogen-bond acceptors (Lipinski definition) is 5. The minimum absolute atomic E-state index is 0.0706. The van der Waals surface area contributed by atoms with Crippen LogP contribution in [0, 0.1) is 11.8 Å². The van der Waals surface area contributed by atoms with Gasteiger partial charge in [0, 0.05) is 18.4 Å². The van der Waals surface area contributed by atoms with E-state index in [1.165, 1.54) is 12.5 Å². The molecule has 2 saturated heterocycles. The van der Waals surface area contributed by atoms with Crippen LogP contribution in [0.4, 0.5) is 0 Å². The summed E-state index contributed by atoms with van der Waals surface area (Å²) in [5.41, 5.74) is 1.16. The number of ether oxygens (including phenoxy) is 3. The highest BCUT2D eigenvalue weighted by Gasteiger charge is 2.54. The third-order valence-electron chi connectivity index (χ3n) is 6.45. The molecule has 2 fully saturated rings. The minimum atomic E-state index is -0.739. The molecule has 0 amide bonds. The average molecular weight is 376 g/mol. The van der Waals surface area contributed by atoms with E-state index in [4.69, 9.17) is 14.2 Å². The zero-order valence-corrected chi connectivity index (χ0v) is 17.0. The van der Waals surface area contributed by atoms with Gasteiger partial charge in [0.1, 0.15) is 11.7 Å². The third kappa shape index (κ3) is 4.13. The second kappa shape index (κ2) is 7.78. The Labute approximate surface area is 162 Å². The lowest BCUT2D eigenvalue weighted by Crippen LogP contribution is -2.55. The second-order valence-electron chi connectivity index (χ2n) is 8.69. The molecule has 0 unspecified atom stereocenters. The molecule has 0 N–H and O–H groups in total. The molecule has 27 heavy (non-hydrogen) atoms. The van der Waals surface area contributed by atoms with Crippen LogP contribution in [0.15, 0.2) is 23.8 Å². The number of allylic oxidation sites excluding steroid dienone is 2. The number of hydrogen-bond donors (Lipinski definition) is 0. The van der Waals surface area contributed by atoms with Crippen molar-refractivity contribution in [2.75, 3.05) is 0 Å². The zero-order chi connectivity index (χ0) is 19.8. The maximum Gasteiger partial charge on any atom is 0.334 e. The van der Waals surface area contributed by atoms with Crippen LogP contribution in [-0.4, -0.2) is 35.9 Å². The molecule has 0 aromatic heterocycles. The highest BCUT2D eigenvalue weighted by Crippen LogP contribution is 2.45. The van der Waals surface area contributed by atoms with Crippen molar-refractivity contribution in [2.45, 2.75) is 90.1 Å². The topological polar surface area (TPSA) is 61.8 Å². The highest BCUT2D eigenvalue weighted by atomic mass is 16.6. The summed E-state index contributed by atoms with van der Waals surface area (Å²) in [5, 5.41) is 0. The van der Waals surface area contributed by atoms with Crippen molar-refractivity contribution in [1.82, 2.24) is 0 Å². The van der Waals surface area contributed by atoms with E-state index in [1.54, 1.807) is 0 Å². The van der Waals surface area contributed by atoms with E-state index >= 15 is 0 Å². The van der Waals surface area contributed by atoms with Crippen LogP contribution in [0.2, 0.25) is 0 Å². The van der Waals surface area contributed by atoms with Gasteiger partial charge in [-0.05, 0) is 58.3 Å². The molecule has 3 aliphatic heterocycles. The summed E-state index contributed by atoms with van der Waals surface area (Å²) >= 11 is 0. The van der Waals surface area contributed by atoms with E-state index in [1.807, 2.05) is 6.92 Å². The fourth-order valence-corrected chi connectivity index (χ4v) is 4.79. The van der Waals surface area contributed by atoms with Gasteiger partial charge in [0.25, 0.3) is 0 Å². The predicted octanol–water partition coefficient (Wildman–Crippen LogP) is 4.11. The minimum Gasteiger partial charge on any atom is -0.457 e. The van der Waals surface area contributed by atoms with Gasteiger partial charge in [0.2, 0.25) is 0 Å². The smallest absolute Gasteiger partial charge is 0.334 e. The van der Waals surface area contributed by atoms with Gasteiger partial charge in [-0.15, -0.1) is 0 Å². The van der Waals surface area contributed by atoms with Crippen LogP contribution in [0.25, 0.3) is 0 Å². The van der Waals surface area contributed by atoms with Gasteiger partial charge in [-0.2, -0.15) is 0 Å². The Bertz CT molecular complexity index is 651. The number of carbonyl (C=O) groups is 2. The first-order valence-corrected chi connectivity index (χ1v) is 10.1. The van der Waals surface area contributed by atoms with E-state index in [0.29, 0.717) is 18.4 Å². The normalized spacial score (nSPS) is 42.1. The van der Waals surface area contributed by atoms with Gasteiger partial charge in [-0.25, -0.2) is 4.79 Å². The summed E-state index contributed by atoms with van der Waals surface area (Å²) in [6.07, 6.45) is 6.73. The van der Waals surface area contributed by atoms with Crippen molar-refractivity contribution in [3.8, 4) is 0 Å². The van der Waals surface area contributed by atoms with Crippen molar-refractivity contribution in [3.63, 3.8) is 0 Å². The molecule has 3 heterocycles. The van der Waals surface area contributed by atoms with Crippen LogP contribution >= 0.6 is 0 Å². The van der Waals surface area contributed by atoms with Crippen molar-refractivity contribution in [2.24, 2.45) is 11.8 Å². The first kappa shape index (κ1) is 20.1. The molecule has 6 atom stereocenters. The molecule has 5 nitrogen and oxygen atoms in total. The monoisotopic (exact) mass is 376 g/mol. The molecule has 0 saturated carbocycles. The fourth-order valence-electron chi connectivity index (χ4n) is 4.79. The number of fused-ring (bicyclic) bond motifs is 4. The zero-order valence-electron chi connectivity index (χ0n) is 17.0. The van der Waals surface area contributed by atoms with Crippen LogP contribution in [0.3, 0.4) is 0 Å². The Morgan fingerprint density at radius 2 is 2.11 bits per heavy atom. The fraction of sp³-hybridized carbons (Fsp3) is 0.727. The van der Waals surface area contributed by atoms with Crippen LogP contribution in [-0.2, 0) is 23.8 Å². The molecule has 5 heteroatoms. The van der Waals surface area contributed by atoms with E-state index in [0.717, 1.165) is 25.7 Å². The number of carbonyl (C=O) groups excluding carboxylic acids is 2. The van der Waals surface area contributed by atoms with Crippen molar-refractivity contribution in [3.05, 3.63) is 23.8 Å². The molecule has 0 spiro atoms. The summed E-state index contributed by atoms with van der Waals surface area (Å²) in [7, 11) is 0. The Morgan fingerprint density at radius 1 is 1.37 bits per heavy atom. The maximum atomic E-state index is 12.2. The number of rotatable bonds is 1. The molecule has 2 bridgehead atoms. The van der Waals surface area contributed by atoms with Gasteiger partial charge in [0.05, 0.1) is 12.2 Å². The van der Waals surface area contributed by atoms with E-state index in [9.17, 15) is 9.59 Å². The van der Waals surface area contributed by atoms with Crippen molar-refractivity contribution in [1.29, 1.82) is 0 Å². The first-order valence-electron chi connectivity index (χ1n) is 10.1. The van der Waals surface area contributed by atoms with Gasteiger partial charge >= 0.3 is 11.9 Å². The molecule has 3 rings (SSSR count). The lowest BCUT2D eigenvalue weighted by atomic mass is 9.76. The summed E-state index contributed by atoms with van der Waals surface area (Å²) in [6, 6.07) is 0. The standard InChI is InChI=1S/C22H32O5/c1-13-8-6-10-14(2)19-20-17(15(3)21(24)26-20)12-18(25-19)22(5,11-7-9-13)27-16(4)23/h9,14,17-20H,3,6-8,10-12H2,1-2,4-5H3/b13-9-/t14-,17+,18+,19-,20-,22-/m1/s1. The third-order valence-corrected chi connectivity index (χ3v) is 6.45. The van der Waals surface area contributed by atoms with Crippen molar-refractivity contribution < 1.29 is 23.8 Å². The molecule has 0 aliphatic carbocycles. The maximum absolute atomic E-state index is 12.2. The first-order chi connectivity index (χ1) is 12.7. The Balaban J connectivity index is 1.96. The largest absolute Gasteiger partial charge is 0.457 e. The van der Waals surface area contributed by atoms with Gasteiger partial charge < -0.3 is 14.2 Å². The lowest BCUT2D eigenvalue weighted by molar-refractivity contribution is -0.220. The predicted molar refractivity (Wildman–Crippen MR) is 102 cm³/mol. The summed E-state index contributed by atoms with van der Waals surface area (Å²) in [6.45, 7) is 11.7. The van der Waals surface area contributed by atoms with Gasteiger partial charge in [0.15, 0.2) is 0 Å². The second-order valence-corrected chi connectivity index (χ2v) is 8.69. The van der Waals surface area contributed by atoms with E-state index < -0.39 is 5.60 Å².